The van der Waals surface area contributed by atoms with E-state index in [-0.39, 0.29) is 0 Å². The van der Waals surface area contributed by atoms with Gasteiger partial charge >= 0.3 is 0 Å². The van der Waals surface area contributed by atoms with E-state index < -0.39 is 0 Å². The first kappa shape index (κ1) is 17.6. The van der Waals surface area contributed by atoms with E-state index in [9.17, 15) is 0 Å². The summed E-state index contributed by atoms with van der Waals surface area (Å²) in [6.07, 6.45) is 3.30. The van der Waals surface area contributed by atoms with Crippen molar-refractivity contribution in [1.29, 1.82) is 0 Å². The summed E-state index contributed by atoms with van der Waals surface area (Å²) in [5, 5.41) is 6.98. The lowest BCUT2D eigenvalue weighted by molar-refractivity contribution is 0.265. The molecule has 0 aromatic carbocycles. The number of rotatable bonds is 7. The SMILES string of the molecule is CCNC(=NCCCSC)NC1CN(C(C)C)CC1C. The van der Waals surface area contributed by atoms with Crippen LogP contribution in [0.2, 0.25) is 0 Å². The smallest absolute Gasteiger partial charge is 0.191 e. The summed E-state index contributed by atoms with van der Waals surface area (Å²) >= 11 is 1.89. The van der Waals surface area contributed by atoms with E-state index in [1.54, 1.807) is 0 Å². The van der Waals surface area contributed by atoms with Crippen molar-refractivity contribution >= 4 is 17.7 Å². The fourth-order valence-electron chi connectivity index (χ4n) is 2.51. The minimum Gasteiger partial charge on any atom is -0.357 e. The maximum Gasteiger partial charge on any atom is 0.191 e. The average molecular weight is 301 g/mol. The molecule has 0 aromatic heterocycles. The number of hydrogen-bond acceptors (Lipinski definition) is 3. The summed E-state index contributed by atoms with van der Waals surface area (Å²) < 4.78 is 0. The molecule has 1 fully saturated rings. The van der Waals surface area contributed by atoms with Crippen molar-refractivity contribution in [3.8, 4) is 0 Å². The maximum atomic E-state index is 4.68. The number of likely N-dealkylation sites (tertiary alicyclic amines) is 1. The van der Waals surface area contributed by atoms with Gasteiger partial charge in [0.15, 0.2) is 5.96 Å². The van der Waals surface area contributed by atoms with Crippen LogP contribution in [0.1, 0.15) is 34.1 Å². The predicted molar refractivity (Wildman–Crippen MR) is 91.8 cm³/mol. The van der Waals surface area contributed by atoms with Gasteiger partial charge in [-0.15, -0.1) is 0 Å². The van der Waals surface area contributed by atoms with Gasteiger partial charge in [0.25, 0.3) is 0 Å². The molecule has 20 heavy (non-hydrogen) atoms. The van der Waals surface area contributed by atoms with Gasteiger partial charge in [-0.25, -0.2) is 0 Å². The molecular formula is C15H32N4S. The van der Waals surface area contributed by atoms with Gasteiger partial charge in [-0.1, -0.05) is 6.92 Å². The molecule has 0 spiro atoms. The number of aliphatic imine (C=N–C) groups is 1. The zero-order valence-electron chi connectivity index (χ0n) is 13.8. The number of nitrogens with one attached hydrogen (secondary N) is 2. The van der Waals surface area contributed by atoms with Crippen molar-refractivity contribution in [3.05, 3.63) is 0 Å². The van der Waals surface area contributed by atoms with Gasteiger partial charge in [0.1, 0.15) is 0 Å². The van der Waals surface area contributed by atoms with Crippen LogP contribution in [-0.4, -0.2) is 61.1 Å². The monoisotopic (exact) mass is 300 g/mol. The Morgan fingerprint density at radius 3 is 2.70 bits per heavy atom. The average Bonchev–Trinajstić information content (AvgIpc) is 2.76. The molecule has 4 nitrogen and oxygen atoms in total. The van der Waals surface area contributed by atoms with Crippen LogP contribution in [0.15, 0.2) is 4.99 Å². The highest BCUT2D eigenvalue weighted by Gasteiger charge is 2.31. The molecule has 0 saturated carbocycles. The third kappa shape index (κ3) is 5.92. The van der Waals surface area contributed by atoms with Crippen molar-refractivity contribution in [2.75, 3.05) is 38.2 Å². The molecule has 0 amide bonds. The fourth-order valence-corrected chi connectivity index (χ4v) is 2.93. The van der Waals surface area contributed by atoms with Crippen LogP contribution in [0.25, 0.3) is 0 Å². The van der Waals surface area contributed by atoms with Crippen LogP contribution < -0.4 is 10.6 Å². The van der Waals surface area contributed by atoms with Gasteiger partial charge in [0, 0.05) is 38.3 Å². The summed E-state index contributed by atoms with van der Waals surface area (Å²) in [5.41, 5.74) is 0. The molecular weight excluding hydrogens is 268 g/mol. The van der Waals surface area contributed by atoms with Gasteiger partial charge in [-0.3, -0.25) is 9.89 Å². The minimum atomic E-state index is 0.510. The molecule has 1 saturated heterocycles. The van der Waals surface area contributed by atoms with E-state index in [0.717, 1.165) is 32.0 Å². The fraction of sp³-hybridized carbons (Fsp3) is 0.933. The van der Waals surface area contributed by atoms with Crippen molar-refractivity contribution in [2.24, 2.45) is 10.9 Å². The molecule has 1 heterocycles. The van der Waals surface area contributed by atoms with Crippen molar-refractivity contribution < 1.29 is 0 Å². The lowest BCUT2D eigenvalue weighted by Gasteiger charge is -2.21. The Labute approximate surface area is 129 Å². The van der Waals surface area contributed by atoms with E-state index in [1.165, 1.54) is 12.3 Å². The number of thioether (sulfide) groups is 1. The van der Waals surface area contributed by atoms with Gasteiger partial charge in [0.2, 0.25) is 0 Å². The lowest BCUT2D eigenvalue weighted by Crippen LogP contribution is -2.46. The summed E-state index contributed by atoms with van der Waals surface area (Å²) in [5.74, 6) is 2.84. The summed E-state index contributed by atoms with van der Waals surface area (Å²) in [6, 6.07) is 1.14. The Morgan fingerprint density at radius 2 is 2.15 bits per heavy atom. The van der Waals surface area contributed by atoms with E-state index in [2.05, 4.69) is 54.5 Å². The Balaban J connectivity index is 2.48. The molecule has 1 aliphatic rings. The first-order valence-corrected chi connectivity index (χ1v) is 9.25. The summed E-state index contributed by atoms with van der Waals surface area (Å²) in [6.45, 7) is 13.1. The van der Waals surface area contributed by atoms with E-state index in [1.807, 2.05) is 11.8 Å². The van der Waals surface area contributed by atoms with Crippen molar-refractivity contribution in [3.63, 3.8) is 0 Å². The molecule has 0 radical (unpaired) electrons. The molecule has 5 heteroatoms. The van der Waals surface area contributed by atoms with Crippen LogP contribution in [0.4, 0.5) is 0 Å². The Morgan fingerprint density at radius 1 is 1.40 bits per heavy atom. The molecule has 2 N–H and O–H groups in total. The molecule has 1 aliphatic heterocycles. The highest BCUT2D eigenvalue weighted by atomic mass is 32.2. The topological polar surface area (TPSA) is 39.7 Å². The normalized spacial score (nSPS) is 24.4. The van der Waals surface area contributed by atoms with Crippen molar-refractivity contribution in [1.82, 2.24) is 15.5 Å². The quantitative estimate of drug-likeness (QED) is 0.429. The Bertz CT molecular complexity index is 294. The molecule has 0 bridgehead atoms. The molecule has 0 aromatic rings. The van der Waals surface area contributed by atoms with Crippen LogP contribution in [-0.2, 0) is 0 Å². The standard InChI is InChI=1S/C15H32N4S/c1-6-16-15(17-8-7-9-20-5)18-14-11-19(12(2)3)10-13(14)4/h12-14H,6-11H2,1-5H3,(H2,16,17,18). The third-order valence-electron chi connectivity index (χ3n) is 3.81. The second kappa shape index (κ2) is 9.50. The van der Waals surface area contributed by atoms with Crippen molar-refractivity contribution in [2.45, 2.75) is 46.2 Å². The largest absolute Gasteiger partial charge is 0.357 e. The molecule has 2 unspecified atom stereocenters. The van der Waals surface area contributed by atoms with E-state index in [4.69, 9.17) is 0 Å². The molecule has 1 rings (SSSR count). The lowest BCUT2D eigenvalue weighted by atomic mass is 10.1. The second-order valence-corrected chi connectivity index (χ2v) is 6.87. The zero-order valence-corrected chi connectivity index (χ0v) is 14.6. The van der Waals surface area contributed by atoms with Crippen LogP contribution >= 0.6 is 11.8 Å². The molecule has 0 aliphatic carbocycles. The van der Waals surface area contributed by atoms with Gasteiger partial charge in [-0.05, 0) is 45.1 Å². The number of hydrogen-bond donors (Lipinski definition) is 2. The first-order valence-electron chi connectivity index (χ1n) is 7.86. The molecule has 118 valence electrons. The van der Waals surface area contributed by atoms with E-state index in [0.29, 0.717) is 18.0 Å². The maximum absolute atomic E-state index is 4.68. The minimum absolute atomic E-state index is 0.510. The first-order chi connectivity index (χ1) is 9.58. The number of guanidine groups is 1. The van der Waals surface area contributed by atoms with Crippen LogP contribution in [0.5, 0.6) is 0 Å². The van der Waals surface area contributed by atoms with Crippen LogP contribution in [0, 0.1) is 5.92 Å². The van der Waals surface area contributed by atoms with E-state index >= 15 is 0 Å². The molecule has 2 atom stereocenters. The number of nitrogens with zero attached hydrogens (tertiary/aromatic N) is 2. The highest BCUT2D eigenvalue weighted by Crippen LogP contribution is 2.18. The zero-order chi connectivity index (χ0) is 15.0. The van der Waals surface area contributed by atoms with Gasteiger partial charge in [0.05, 0.1) is 0 Å². The highest BCUT2D eigenvalue weighted by molar-refractivity contribution is 7.98. The second-order valence-electron chi connectivity index (χ2n) is 5.88. The Hall–Kier alpha value is -0.420. The van der Waals surface area contributed by atoms with Gasteiger partial charge in [-0.2, -0.15) is 11.8 Å². The summed E-state index contributed by atoms with van der Waals surface area (Å²) in [4.78, 5) is 7.22. The predicted octanol–water partition coefficient (Wildman–Crippen LogP) is 2.02. The third-order valence-corrected chi connectivity index (χ3v) is 4.51. The van der Waals surface area contributed by atoms with Gasteiger partial charge < -0.3 is 10.6 Å². The van der Waals surface area contributed by atoms with Crippen LogP contribution in [0.3, 0.4) is 0 Å². The Kier molecular flexibility index (Phi) is 8.38. The summed E-state index contributed by atoms with van der Waals surface area (Å²) in [7, 11) is 0.